The lowest BCUT2D eigenvalue weighted by Crippen LogP contribution is -2.24. The average molecular weight is 556 g/mol. The molecule has 7 nitrogen and oxygen atoms in total. The number of carbonyl (C=O) groups is 4. The number of ketones is 4. The van der Waals surface area contributed by atoms with Crippen molar-refractivity contribution >= 4 is 45.1 Å². The van der Waals surface area contributed by atoms with E-state index >= 15 is 0 Å². The predicted molar refractivity (Wildman–Crippen MR) is 159 cm³/mol. The lowest BCUT2D eigenvalue weighted by atomic mass is 9.82. The van der Waals surface area contributed by atoms with Gasteiger partial charge in [0, 0.05) is 38.7 Å². The molecule has 0 unspecified atom stereocenters. The van der Waals surface area contributed by atoms with E-state index in [1.54, 1.807) is 95.6 Å². The van der Waals surface area contributed by atoms with Gasteiger partial charge in [0.2, 0.25) is 11.6 Å². The first-order valence-electron chi connectivity index (χ1n) is 13.3. The Labute approximate surface area is 244 Å². The monoisotopic (exact) mass is 555 g/mol. The molecule has 0 saturated heterocycles. The standard InChI is InChI=1S/C36H17N3O4/c37-18-27-29(35(42)25-16-8-6-14-23(25)33(27)40)31-21-12-4-5-13-22(21)32(39(31)20-10-2-1-3-11-20)30-28(19-38)34(41)24-15-7-9-17-26(24)36(30)43/h1-17H. The van der Waals surface area contributed by atoms with E-state index in [9.17, 15) is 29.7 Å². The van der Waals surface area contributed by atoms with Crippen molar-refractivity contribution in [2.75, 3.05) is 0 Å². The van der Waals surface area contributed by atoms with Crippen molar-refractivity contribution in [3.05, 3.63) is 148 Å². The van der Waals surface area contributed by atoms with Gasteiger partial charge in [-0.25, -0.2) is 0 Å². The van der Waals surface area contributed by atoms with Gasteiger partial charge >= 0.3 is 0 Å². The Hall–Kier alpha value is -6.44. The van der Waals surface area contributed by atoms with Crippen LogP contribution in [-0.4, -0.2) is 27.7 Å². The zero-order chi connectivity index (χ0) is 29.8. The lowest BCUT2D eigenvalue weighted by Gasteiger charge is -2.23. The Morgan fingerprint density at radius 2 is 0.791 bits per heavy atom. The van der Waals surface area contributed by atoms with Crippen LogP contribution >= 0.6 is 0 Å². The third-order valence-electron chi connectivity index (χ3n) is 7.84. The van der Waals surface area contributed by atoms with Crippen LogP contribution in [0.15, 0.2) is 114 Å². The van der Waals surface area contributed by atoms with Crippen LogP contribution in [0.3, 0.4) is 0 Å². The second-order valence-corrected chi connectivity index (χ2v) is 10.0. The normalized spacial score (nSPS) is 14.5. The summed E-state index contributed by atoms with van der Waals surface area (Å²) in [6.07, 6.45) is 0. The molecule has 0 saturated carbocycles. The Morgan fingerprint density at radius 1 is 0.442 bits per heavy atom. The van der Waals surface area contributed by atoms with E-state index in [2.05, 4.69) is 0 Å². The van der Waals surface area contributed by atoms with E-state index in [-0.39, 0.29) is 55.9 Å². The number of nitrogens with zero attached hydrogens (tertiary/aromatic N) is 3. The predicted octanol–water partition coefficient (Wildman–Crippen LogP) is 6.34. The summed E-state index contributed by atoms with van der Waals surface area (Å²) < 4.78 is 1.61. The first-order chi connectivity index (χ1) is 21.0. The molecule has 7 rings (SSSR count). The van der Waals surface area contributed by atoms with Gasteiger partial charge in [-0.15, -0.1) is 0 Å². The first-order valence-corrected chi connectivity index (χ1v) is 13.3. The topological polar surface area (TPSA) is 121 Å². The molecule has 200 valence electrons. The van der Waals surface area contributed by atoms with Crippen molar-refractivity contribution in [2.45, 2.75) is 0 Å². The van der Waals surface area contributed by atoms with E-state index in [0.29, 0.717) is 16.5 Å². The molecule has 1 heterocycles. The van der Waals surface area contributed by atoms with Crippen LogP contribution in [0.4, 0.5) is 0 Å². The van der Waals surface area contributed by atoms with Crippen LogP contribution in [0.1, 0.15) is 52.8 Å². The number of benzene rings is 4. The van der Waals surface area contributed by atoms with Crippen molar-refractivity contribution in [3.8, 4) is 17.8 Å². The molecule has 0 N–H and O–H groups in total. The van der Waals surface area contributed by atoms with Gasteiger partial charge in [-0.1, -0.05) is 91.0 Å². The molecule has 2 aliphatic carbocycles. The van der Waals surface area contributed by atoms with E-state index in [1.165, 1.54) is 12.1 Å². The Balaban J connectivity index is 1.68. The number of allylic oxidation sites excluding steroid dienone is 4. The van der Waals surface area contributed by atoms with Crippen LogP contribution < -0.4 is 0 Å². The van der Waals surface area contributed by atoms with Crippen molar-refractivity contribution in [2.24, 2.45) is 0 Å². The fraction of sp³-hybridized carbons (Fsp3) is 0. The average Bonchev–Trinajstić information content (AvgIpc) is 3.38. The van der Waals surface area contributed by atoms with Crippen molar-refractivity contribution < 1.29 is 19.2 Å². The second-order valence-electron chi connectivity index (χ2n) is 10.0. The summed E-state index contributed by atoms with van der Waals surface area (Å²) in [5, 5.41) is 21.4. The van der Waals surface area contributed by atoms with Crippen LogP contribution in [0.5, 0.6) is 0 Å². The largest absolute Gasteiger partial charge is 0.308 e. The molecular formula is C36H17N3O4. The fourth-order valence-electron chi connectivity index (χ4n) is 5.99. The molecule has 7 heteroatoms. The Bertz CT molecular complexity index is 2130. The highest BCUT2D eigenvalue weighted by Crippen LogP contribution is 2.44. The molecular weight excluding hydrogens is 538 g/mol. The molecule has 43 heavy (non-hydrogen) atoms. The Morgan fingerprint density at radius 3 is 1.19 bits per heavy atom. The minimum Gasteiger partial charge on any atom is -0.308 e. The van der Waals surface area contributed by atoms with Gasteiger partial charge in [-0.2, -0.15) is 10.5 Å². The molecule has 0 spiro atoms. The van der Waals surface area contributed by atoms with Crippen LogP contribution in [0.2, 0.25) is 0 Å². The molecule has 0 fully saturated rings. The molecule has 1 aromatic heterocycles. The van der Waals surface area contributed by atoms with E-state index in [4.69, 9.17) is 0 Å². The SMILES string of the molecule is N#CC1=C(c2c3ccccc3c(C3=C(C#N)C(=O)c4ccccc4C3=O)n2-c2ccccc2)C(=O)c2ccccc2C1=O. The minimum absolute atomic E-state index is 0.119. The highest BCUT2D eigenvalue weighted by atomic mass is 16.1. The number of para-hydroxylation sites is 1. The highest BCUT2D eigenvalue weighted by molar-refractivity contribution is 6.45. The molecule has 0 bridgehead atoms. The van der Waals surface area contributed by atoms with Crippen LogP contribution in [0.25, 0.3) is 27.6 Å². The lowest BCUT2D eigenvalue weighted by molar-refractivity contribution is 0.0995. The van der Waals surface area contributed by atoms with E-state index in [1.807, 2.05) is 12.1 Å². The van der Waals surface area contributed by atoms with Crippen molar-refractivity contribution in [1.82, 2.24) is 4.57 Å². The number of hydrogen-bond donors (Lipinski definition) is 0. The summed E-state index contributed by atoms with van der Waals surface area (Å²) in [6.45, 7) is 0. The van der Waals surface area contributed by atoms with Crippen molar-refractivity contribution in [1.29, 1.82) is 10.5 Å². The molecule has 4 aromatic carbocycles. The zero-order valence-corrected chi connectivity index (χ0v) is 22.3. The smallest absolute Gasteiger partial charge is 0.205 e. The summed E-state index contributed by atoms with van der Waals surface area (Å²) in [6, 6.07) is 32.3. The maximum Gasteiger partial charge on any atom is 0.205 e. The van der Waals surface area contributed by atoms with Crippen LogP contribution in [-0.2, 0) is 0 Å². The third kappa shape index (κ3) is 3.53. The molecule has 2 aliphatic rings. The van der Waals surface area contributed by atoms with Gasteiger partial charge in [0.1, 0.15) is 23.3 Å². The summed E-state index contributed by atoms with van der Waals surface area (Å²) in [5.41, 5.74) is 0.599. The van der Waals surface area contributed by atoms with Gasteiger partial charge in [0.15, 0.2) is 11.6 Å². The maximum atomic E-state index is 14.2. The van der Waals surface area contributed by atoms with Gasteiger partial charge < -0.3 is 4.57 Å². The number of carbonyl (C=O) groups excluding carboxylic acids is 4. The number of rotatable bonds is 3. The summed E-state index contributed by atoms with van der Waals surface area (Å²) >= 11 is 0. The van der Waals surface area contributed by atoms with E-state index in [0.717, 1.165) is 0 Å². The molecule has 0 radical (unpaired) electrons. The van der Waals surface area contributed by atoms with Crippen LogP contribution in [0, 0.1) is 22.7 Å². The number of fused-ring (bicyclic) bond motifs is 3. The van der Waals surface area contributed by atoms with Gasteiger partial charge in [-0.3, -0.25) is 19.2 Å². The third-order valence-corrected chi connectivity index (χ3v) is 7.84. The minimum atomic E-state index is -0.589. The maximum absolute atomic E-state index is 14.2. The number of Topliss-reactive ketones (excluding diaryl/α,β-unsaturated/α-hetero) is 4. The second kappa shape index (κ2) is 9.59. The van der Waals surface area contributed by atoms with Gasteiger partial charge in [0.05, 0.1) is 22.5 Å². The first kappa shape index (κ1) is 25.5. The summed E-state index contributed by atoms with van der Waals surface area (Å²) in [7, 11) is 0. The van der Waals surface area contributed by atoms with E-state index < -0.39 is 23.1 Å². The highest BCUT2D eigenvalue weighted by Gasteiger charge is 2.40. The van der Waals surface area contributed by atoms with Crippen molar-refractivity contribution in [3.63, 3.8) is 0 Å². The fourth-order valence-corrected chi connectivity index (χ4v) is 5.99. The molecule has 0 atom stereocenters. The number of nitriles is 2. The number of aromatic nitrogens is 1. The van der Waals surface area contributed by atoms with Gasteiger partial charge in [0.25, 0.3) is 0 Å². The molecule has 0 amide bonds. The quantitative estimate of drug-likeness (QED) is 0.256. The summed E-state index contributed by atoms with van der Waals surface area (Å²) in [4.78, 5) is 55.6. The molecule has 5 aromatic rings. The molecule has 0 aliphatic heterocycles. The Kier molecular flexibility index (Phi) is 5.69. The number of hydrogen-bond acceptors (Lipinski definition) is 6. The zero-order valence-electron chi connectivity index (χ0n) is 22.3. The summed E-state index contributed by atoms with van der Waals surface area (Å²) in [5.74, 6) is -2.22. The van der Waals surface area contributed by atoms with Gasteiger partial charge in [-0.05, 0) is 12.1 Å².